The van der Waals surface area contributed by atoms with Crippen molar-refractivity contribution in [1.29, 1.82) is 0 Å². The lowest BCUT2D eigenvalue weighted by molar-refractivity contribution is 0.588. The minimum Gasteiger partial charge on any atom is -0.271 e. The van der Waals surface area contributed by atoms with Crippen LogP contribution in [0.3, 0.4) is 0 Å². The van der Waals surface area contributed by atoms with Gasteiger partial charge < -0.3 is 0 Å². The van der Waals surface area contributed by atoms with Crippen LogP contribution in [0, 0.1) is 0 Å². The molecule has 0 amide bonds. The highest BCUT2D eigenvalue weighted by Gasteiger charge is 2.29. The summed E-state index contributed by atoms with van der Waals surface area (Å²) >= 11 is 0. The molecule has 0 radical (unpaired) electrons. The van der Waals surface area contributed by atoms with Crippen molar-refractivity contribution in [2.45, 2.75) is 32.2 Å². The molecule has 1 aromatic heterocycles. The van der Waals surface area contributed by atoms with E-state index in [1.54, 1.807) is 4.68 Å². The van der Waals surface area contributed by atoms with Gasteiger partial charge in [-0.15, -0.1) is 5.10 Å². The molecule has 0 fully saturated rings. The van der Waals surface area contributed by atoms with Crippen molar-refractivity contribution in [2.24, 2.45) is 0 Å². The minimum absolute atomic E-state index is 0.0420. The Morgan fingerprint density at radius 1 is 1.13 bits per heavy atom. The smallest absolute Gasteiger partial charge is 0.271 e. The molecule has 1 aliphatic rings. The van der Waals surface area contributed by atoms with Crippen molar-refractivity contribution in [3.8, 4) is 5.69 Å². The standard InChI is InChI=1S/C19H19N3O/c1-2-14-7-6-10-16(13-14)22-19(23)21-17(11-12-18(21)20-22)15-8-4-3-5-9-15/h3-10,13,17H,2,11-12H2,1H3/t17-/m0/s1. The molecule has 0 saturated heterocycles. The van der Waals surface area contributed by atoms with Crippen LogP contribution in [0.25, 0.3) is 5.69 Å². The summed E-state index contributed by atoms with van der Waals surface area (Å²) < 4.78 is 3.40. The van der Waals surface area contributed by atoms with Crippen LogP contribution in [0.5, 0.6) is 0 Å². The number of hydrogen-bond acceptors (Lipinski definition) is 2. The lowest BCUT2D eigenvalue weighted by atomic mass is 10.1. The fourth-order valence-corrected chi connectivity index (χ4v) is 3.36. The number of fused-ring (bicyclic) bond motifs is 1. The average Bonchev–Trinajstić information content (AvgIpc) is 3.16. The number of rotatable bonds is 3. The average molecular weight is 305 g/mol. The maximum absolute atomic E-state index is 12.9. The SMILES string of the molecule is CCc1cccc(-n2nc3n(c2=O)[C@H](c2ccccc2)CC3)c1. The molecule has 0 aliphatic carbocycles. The zero-order valence-corrected chi connectivity index (χ0v) is 13.1. The van der Waals surface area contributed by atoms with E-state index < -0.39 is 0 Å². The van der Waals surface area contributed by atoms with Crippen LogP contribution in [0.2, 0.25) is 0 Å². The van der Waals surface area contributed by atoms with E-state index in [9.17, 15) is 4.79 Å². The molecule has 1 aliphatic heterocycles. The lowest BCUT2D eigenvalue weighted by Gasteiger charge is -2.12. The largest absolute Gasteiger partial charge is 0.351 e. The molecule has 4 rings (SSSR count). The second-order valence-corrected chi connectivity index (χ2v) is 5.97. The first-order chi connectivity index (χ1) is 11.3. The van der Waals surface area contributed by atoms with Crippen LogP contribution in [-0.4, -0.2) is 14.3 Å². The van der Waals surface area contributed by atoms with Gasteiger partial charge in [0.25, 0.3) is 0 Å². The van der Waals surface area contributed by atoms with Crippen molar-refractivity contribution < 1.29 is 0 Å². The van der Waals surface area contributed by atoms with Crippen LogP contribution in [0.15, 0.2) is 59.4 Å². The molecule has 2 aromatic carbocycles. The Morgan fingerprint density at radius 2 is 1.96 bits per heavy atom. The maximum Gasteiger partial charge on any atom is 0.351 e. The van der Waals surface area contributed by atoms with Gasteiger partial charge >= 0.3 is 5.69 Å². The van der Waals surface area contributed by atoms with E-state index in [1.165, 1.54) is 11.1 Å². The van der Waals surface area contributed by atoms with Crippen molar-refractivity contribution in [3.05, 3.63) is 82.0 Å². The third-order valence-corrected chi connectivity index (χ3v) is 4.58. The predicted molar refractivity (Wildman–Crippen MR) is 90.1 cm³/mol. The molecule has 4 nitrogen and oxygen atoms in total. The number of aromatic nitrogens is 3. The molecule has 0 N–H and O–H groups in total. The highest BCUT2D eigenvalue weighted by atomic mass is 16.2. The first-order valence-electron chi connectivity index (χ1n) is 8.12. The summed E-state index contributed by atoms with van der Waals surface area (Å²) in [6.07, 6.45) is 2.73. The molecule has 0 unspecified atom stereocenters. The predicted octanol–water partition coefficient (Wildman–Crippen LogP) is 3.13. The summed E-state index contributed by atoms with van der Waals surface area (Å²) in [5.41, 5.74) is 3.19. The molecule has 1 atom stereocenters. The minimum atomic E-state index is -0.0420. The molecule has 3 aromatic rings. The molecular weight excluding hydrogens is 286 g/mol. The van der Waals surface area contributed by atoms with E-state index >= 15 is 0 Å². The van der Waals surface area contributed by atoms with Crippen LogP contribution in [0.1, 0.15) is 36.3 Å². The van der Waals surface area contributed by atoms with Gasteiger partial charge in [0, 0.05) is 6.42 Å². The molecule has 0 bridgehead atoms. The second kappa shape index (κ2) is 5.54. The number of hydrogen-bond donors (Lipinski definition) is 0. The van der Waals surface area contributed by atoms with Gasteiger partial charge in [0.15, 0.2) is 0 Å². The van der Waals surface area contributed by atoms with Gasteiger partial charge in [-0.1, -0.05) is 49.4 Å². The van der Waals surface area contributed by atoms with Gasteiger partial charge in [-0.2, -0.15) is 4.68 Å². The van der Waals surface area contributed by atoms with E-state index in [0.717, 1.165) is 30.8 Å². The van der Waals surface area contributed by atoms with Gasteiger partial charge in [-0.05, 0) is 36.1 Å². The monoisotopic (exact) mass is 305 g/mol. The van der Waals surface area contributed by atoms with Crippen LogP contribution in [-0.2, 0) is 12.8 Å². The summed E-state index contributed by atoms with van der Waals surface area (Å²) in [6.45, 7) is 2.11. The van der Waals surface area contributed by atoms with Crippen LogP contribution in [0.4, 0.5) is 0 Å². The van der Waals surface area contributed by atoms with Gasteiger partial charge in [0.05, 0.1) is 11.7 Å². The Kier molecular flexibility index (Phi) is 3.37. The zero-order valence-electron chi connectivity index (χ0n) is 13.1. The molecule has 116 valence electrons. The molecular formula is C19H19N3O. The number of benzene rings is 2. The highest BCUT2D eigenvalue weighted by Crippen LogP contribution is 2.29. The molecule has 4 heteroatoms. The Labute approximate surface area is 135 Å². The molecule has 0 spiro atoms. The third kappa shape index (κ3) is 2.31. The maximum atomic E-state index is 12.9. The van der Waals surface area contributed by atoms with E-state index in [-0.39, 0.29) is 11.7 Å². The first-order valence-corrected chi connectivity index (χ1v) is 8.12. The fraction of sp³-hybridized carbons (Fsp3) is 0.263. The van der Waals surface area contributed by atoms with E-state index in [4.69, 9.17) is 0 Å². The highest BCUT2D eigenvalue weighted by molar-refractivity contribution is 5.35. The van der Waals surface area contributed by atoms with Crippen LogP contribution >= 0.6 is 0 Å². The zero-order chi connectivity index (χ0) is 15.8. The Hall–Kier alpha value is -2.62. The van der Waals surface area contributed by atoms with Gasteiger partial charge in [0.1, 0.15) is 5.82 Å². The van der Waals surface area contributed by atoms with Crippen molar-refractivity contribution in [1.82, 2.24) is 14.3 Å². The Morgan fingerprint density at radius 3 is 2.74 bits per heavy atom. The summed E-state index contributed by atoms with van der Waals surface area (Å²) in [5.74, 6) is 0.880. The Balaban J connectivity index is 1.81. The molecule has 2 heterocycles. The summed E-state index contributed by atoms with van der Waals surface area (Å²) in [5, 5.41) is 4.58. The number of aryl methyl sites for hydroxylation is 2. The van der Waals surface area contributed by atoms with Crippen LogP contribution < -0.4 is 5.69 Å². The Bertz CT molecular complexity index is 892. The number of nitrogens with zero attached hydrogens (tertiary/aromatic N) is 3. The van der Waals surface area contributed by atoms with Gasteiger partial charge in [0.2, 0.25) is 0 Å². The first kappa shape index (κ1) is 14.0. The van der Waals surface area contributed by atoms with E-state index in [0.29, 0.717) is 0 Å². The van der Waals surface area contributed by atoms with Gasteiger partial charge in [-0.3, -0.25) is 4.57 Å². The summed E-state index contributed by atoms with van der Waals surface area (Å²) in [7, 11) is 0. The van der Waals surface area contributed by atoms with Gasteiger partial charge in [-0.25, -0.2) is 4.79 Å². The second-order valence-electron chi connectivity index (χ2n) is 5.97. The summed E-state index contributed by atoms with van der Waals surface area (Å²) in [6, 6.07) is 18.4. The van der Waals surface area contributed by atoms with Crippen molar-refractivity contribution in [2.75, 3.05) is 0 Å². The van der Waals surface area contributed by atoms with E-state index in [1.807, 2.05) is 41.0 Å². The molecule has 23 heavy (non-hydrogen) atoms. The normalized spacial score (nSPS) is 16.5. The molecule has 0 saturated carbocycles. The van der Waals surface area contributed by atoms with Crippen molar-refractivity contribution >= 4 is 0 Å². The fourth-order valence-electron chi connectivity index (χ4n) is 3.36. The quantitative estimate of drug-likeness (QED) is 0.746. The summed E-state index contributed by atoms with van der Waals surface area (Å²) in [4.78, 5) is 12.9. The topological polar surface area (TPSA) is 39.8 Å². The van der Waals surface area contributed by atoms with E-state index in [2.05, 4.69) is 30.2 Å². The van der Waals surface area contributed by atoms with Crippen molar-refractivity contribution in [3.63, 3.8) is 0 Å². The lowest BCUT2D eigenvalue weighted by Crippen LogP contribution is -2.26. The third-order valence-electron chi connectivity index (χ3n) is 4.58.